The summed E-state index contributed by atoms with van der Waals surface area (Å²) >= 11 is 5.77. The van der Waals surface area contributed by atoms with Crippen molar-refractivity contribution < 1.29 is 8.42 Å². The minimum atomic E-state index is -3.61. The summed E-state index contributed by atoms with van der Waals surface area (Å²) in [4.78, 5) is 10.9. The third-order valence-corrected chi connectivity index (χ3v) is 5.33. The van der Waals surface area contributed by atoms with Gasteiger partial charge in [0.15, 0.2) is 0 Å². The van der Waals surface area contributed by atoms with E-state index in [1.54, 1.807) is 18.3 Å². The summed E-state index contributed by atoms with van der Waals surface area (Å²) in [6.07, 6.45) is 3.97. The molecule has 2 heterocycles. The number of halogens is 1. The Kier molecular flexibility index (Phi) is 4.79. The maximum atomic E-state index is 12.2. The molecule has 23 heavy (non-hydrogen) atoms. The van der Waals surface area contributed by atoms with Gasteiger partial charge in [0.1, 0.15) is 11.6 Å². The molecule has 0 bridgehead atoms. The molecular weight excluding hydrogens is 336 g/mol. The van der Waals surface area contributed by atoms with Gasteiger partial charge in [0, 0.05) is 24.3 Å². The van der Waals surface area contributed by atoms with Crippen LogP contribution in [0.5, 0.6) is 0 Å². The molecule has 0 radical (unpaired) electrons. The first kappa shape index (κ1) is 16.2. The second-order valence-electron chi connectivity index (χ2n) is 5.30. The Balaban J connectivity index is 1.70. The lowest BCUT2D eigenvalue weighted by molar-refractivity contribution is 0.579. The highest BCUT2D eigenvalue weighted by Crippen LogP contribution is 2.17. The van der Waals surface area contributed by atoms with Crippen molar-refractivity contribution in [2.75, 3.05) is 18.0 Å². The van der Waals surface area contributed by atoms with Gasteiger partial charge in [0.05, 0.1) is 11.4 Å². The number of anilines is 1. The van der Waals surface area contributed by atoms with Gasteiger partial charge in [-0.05, 0) is 43.2 Å². The molecule has 2 aromatic rings. The van der Waals surface area contributed by atoms with Gasteiger partial charge in [-0.2, -0.15) is 0 Å². The first-order chi connectivity index (χ1) is 11.0. The zero-order chi connectivity index (χ0) is 16.3. The van der Waals surface area contributed by atoms with Crippen molar-refractivity contribution in [3.05, 3.63) is 47.4 Å². The maximum absolute atomic E-state index is 12.2. The normalized spacial score (nSPS) is 15.1. The SMILES string of the molecule is O=S(=O)(NCc1nccc(N2CCCC2)n1)c1ccc(Cl)cc1. The molecule has 0 aliphatic carbocycles. The molecule has 0 spiro atoms. The molecule has 0 saturated carbocycles. The van der Waals surface area contributed by atoms with Gasteiger partial charge in [-0.1, -0.05) is 11.6 Å². The minimum Gasteiger partial charge on any atom is -0.357 e. The smallest absolute Gasteiger partial charge is 0.240 e. The maximum Gasteiger partial charge on any atom is 0.240 e. The summed E-state index contributed by atoms with van der Waals surface area (Å²) in [7, 11) is -3.61. The summed E-state index contributed by atoms with van der Waals surface area (Å²) in [6, 6.07) is 7.86. The average Bonchev–Trinajstić information content (AvgIpc) is 3.08. The molecule has 0 atom stereocenters. The van der Waals surface area contributed by atoms with Crippen molar-refractivity contribution >= 4 is 27.4 Å². The largest absolute Gasteiger partial charge is 0.357 e. The molecule has 1 aromatic heterocycles. The van der Waals surface area contributed by atoms with Crippen LogP contribution in [0.2, 0.25) is 5.02 Å². The molecule has 1 saturated heterocycles. The number of hydrogen-bond donors (Lipinski definition) is 1. The predicted octanol–water partition coefficient (Wildman–Crippen LogP) is 2.21. The van der Waals surface area contributed by atoms with Crippen LogP contribution in [-0.4, -0.2) is 31.5 Å². The van der Waals surface area contributed by atoms with Crippen LogP contribution in [0.1, 0.15) is 18.7 Å². The van der Waals surface area contributed by atoms with E-state index in [9.17, 15) is 8.42 Å². The molecule has 1 aromatic carbocycles. The van der Waals surface area contributed by atoms with Crippen molar-refractivity contribution in [1.82, 2.24) is 14.7 Å². The Labute approximate surface area is 140 Å². The number of hydrogen-bond acceptors (Lipinski definition) is 5. The number of rotatable bonds is 5. The molecule has 8 heteroatoms. The van der Waals surface area contributed by atoms with Gasteiger partial charge in [0.2, 0.25) is 10.0 Å². The highest BCUT2D eigenvalue weighted by molar-refractivity contribution is 7.89. The quantitative estimate of drug-likeness (QED) is 0.892. The standard InChI is InChI=1S/C15H17ClN4O2S/c16-12-3-5-13(6-4-12)23(21,22)18-11-14-17-8-7-15(19-14)20-9-1-2-10-20/h3-8,18H,1-2,9-11H2. The monoisotopic (exact) mass is 352 g/mol. The molecule has 6 nitrogen and oxygen atoms in total. The second-order valence-corrected chi connectivity index (χ2v) is 7.51. The number of nitrogens with one attached hydrogen (secondary N) is 1. The molecule has 1 aliphatic rings. The molecule has 0 unspecified atom stereocenters. The summed E-state index contributed by atoms with van der Waals surface area (Å²) in [5.41, 5.74) is 0. The van der Waals surface area contributed by atoms with Crippen LogP contribution in [-0.2, 0) is 16.6 Å². The summed E-state index contributed by atoms with van der Waals surface area (Å²) in [6.45, 7) is 2.01. The van der Waals surface area contributed by atoms with E-state index in [2.05, 4.69) is 19.6 Å². The first-order valence-electron chi connectivity index (χ1n) is 7.37. The third-order valence-electron chi connectivity index (χ3n) is 3.67. The van der Waals surface area contributed by atoms with E-state index in [0.717, 1.165) is 31.7 Å². The lowest BCUT2D eigenvalue weighted by atomic mass is 10.4. The Hall–Kier alpha value is -1.70. The second kappa shape index (κ2) is 6.82. The number of sulfonamides is 1. The lowest BCUT2D eigenvalue weighted by Crippen LogP contribution is -2.25. The molecule has 1 fully saturated rings. The fraction of sp³-hybridized carbons (Fsp3) is 0.333. The number of aromatic nitrogens is 2. The van der Waals surface area contributed by atoms with Crippen LogP contribution in [0.15, 0.2) is 41.4 Å². The van der Waals surface area contributed by atoms with Crippen LogP contribution in [0, 0.1) is 0 Å². The predicted molar refractivity (Wildman–Crippen MR) is 89.0 cm³/mol. The summed E-state index contributed by atoms with van der Waals surface area (Å²) < 4.78 is 27.0. The van der Waals surface area contributed by atoms with Crippen molar-refractivity contribution in [2.45, 2.75) is 24.3 Å². The van der Waals surface area contributed by atoms with E-state index in [0.29, 0.717) is 10.8 Å². The zero-order valence-electron chi connectivity index (χ0n) is 12.4. The van der Waals surface area contributed by atoms with Crippen molar-refractivity contribution in [3.8, 4) is 0 Å². The molecular formula is C15H17ClN4O2S. The highest BCUT2D eigenvalue weighted by atomic mass is 35.5. The fourth-order valence-electron chi connectivity index (χ4n) is 2.45. The minimum absolute atomic E-state index is 0.0483. The van der Waals surface area contributed by atoms with E-state index >= 15 is 0 Å². The number of nitrogens with zero attached hydrogens (tertiary/aromatic N) is 3. The molecule has 122 valence electrons. The molecule has 0 amide bonds. The van der Waals surface area contributed by atoms with E-state index in [4.69, 9.17) is 11.6 Å². The third kappa shape index (κ3) is 3.99. The average molecular weight is 353 g/mol. The van der Waals surface area contributed by atoms with Gasteiger partial charge in [-0.25, -0.2) is 23.1 Å². The molecule has 1 N–H and O–H groups in total. The molecule has 3 rings (SSSR count). The first-order valence-corrected chi connectivity index (χ1v) is 9.23. The van der Waals surface area contributed by atoms with Crippen LogP contribution >= 0.6 is 11.6 Å². The Morgan fingerprint density at radius 3 is 2.52 bits per heavy atom. The van der Waals surface area contributed by atoms with Crippen molar-refractivity contribution in [3.63, 3.8) is 0 Å². The van der Waals surface area contributed by atoms with E-state index < -0.39 is 10.0 Å². The highest BCUT2D eigenvalue weighted by Gasteiger charge is 2.16. The van der Waals surface area contributed by atoms with E-state index in [1.165, 1.54) is 12.1 Å². The Bertz CT molecular complexity index is 774. The Morgan fingerprint density at radius 2 is 1.83 bits per heavy atom. The van der Waals surface area contributed by atoms with Crippen LogP contribution in [0.3, 0.4) is 0 Å². The van der Waals surface area contributed by atoms with Crippen LogP contribution < -0.4 is 9.62 Å². The van der Waals surface area contributed by atoms with Gasteiger partial charge in [-0.15, -0.1) is 0 Å². The Morgan fingerprint density at radius 1 is 1.13 bits per heavy atom. The van der Waals surface area contributed by atoms with Crippen LogP contribution in [0.4, 0.5) is 5.82 Å². The summed E-state index contributed by atoms with van der Waals surface area (Å²) in [5.74, 6) is 1.30. The van der Waals surface area contributed by atoms with Crippen molar-refractivity contribution in [1.29, 1.82) is 0 Å². The van der Waals surface area contributed by atoms with E-state index in [1.807, 2.05) is 6.07 Å². The number of benzene rings is 1. The van der Waals surface area contributed by atoms with Gasteiger partial charge in [-0.3, -0.25) is 0 Å². The summed E-state index contributed by atoms with van der Waals surface area (Å²) in [5, 5.41) is 0.491. The van der Waals surface area contributed by atoms with Crippen molar-refractivity contribution in [2.24, 2.45) is 0 Å². The lowest BCUT2D eigenvalue weighted by Gasteiger charge is -2.16. The zero-order valence-corrected chi connectivity index (χ0v) is 14.0. The van der Waals surface area contributed by atoms with Gasteiger partial charge < -0.3 is 4.90 Å². The van der Waals surface area contributed by atoms with E-state index in [-0.39, 0.29) is 11.4 Å². The van der Waals surface area contributed by atoms with Gasteiger partial charge >= 0.3 is 0 Å². The van der Waals surface area contributed by atoms with Crippen LogP contribution in [0.25, 0.3) is 0 Å². The fourth-order valence-corrected chi connectivity index (χ4v) is 3.56. The molecule has 1 aliphatic heterocycles. The topological polar surface area (TPSA) is 75.2 Å². The van der Waals surface area contributed by atoms with Gasteiger partial charge in [0.25, 0.3) is 0 Å².